The van der Waals surface area contributed by atoms with Crippen LogP contribution in [0, 0.1) is 0 Å². The minimum absolute atomic E-state index is 0.369. The van der Waals surface area contributed by atoms with Gasteiger partial charge in [0.1, 0.15) is 0 Å². The lowest BCUT2D eigenvalue weighted by Crippen LogP contribution is -2.23. The molecule has 0 saturated carbocycles. The molecule has 1 unspecified atom stereocenters. The molecule has 0 aromatic heterocycles. The molecule has 0 bridgehead atoms. The van der Waals surface area contributed by atoms with E-state index in [-0.39, 0.29) is 0 Å². The summed E-state index contributed by atoms with van der Waals surface area (Å²) < 4.78 is 18.5. The van der Waals surface area contributed by atoms with E-state index in [1.807, 2.05) is 20.8 Å². The molecule has 92 valence electrons. The molecular formula is C10H24NO3P. The van der Waals surface area contributed by atoms with Gasteiger partial charge in [0.25, 0.3) is 0 Å². The fraction of sp³-hybridized carbons (Fsp3) is 1.00. The third-order valence-electron chi connectivity index (χ3n) is 2.08. The monoisotopic (exact) mass is 237 g/mol. The lowest BCUT2D eigenvalue weighted by Gasteiger charge is -2.25. The van der Waals surface area contributed by atoms with E-state index < -0.39 is 7.75 Å². The van der Waals surface area contributed by atoms with E-state index in [9.17, 15) is 9.46 Å². The fourth-order valence-electron chi connectivity index (χ4n) is 1.29. The lowest BCUT2D eigenvalue weighted by molar-refractivity contribution is 0.198. The van der Waals surface area contributed by atoms with Crippen molar-refractivity contribution in [3.8, 4) is 0 Å². The summed E-state index contributed by atoms with van der Waals surface area (Å²) in [6.45, 7) is 7.63. The summed E-state index contributed by atoms with van der Waals surface area (Å²) in [7, 11) is -3.53. The first-order valence-corrected chi connectivity index (χ1v) is 7.34. The highest BCUT2D eigenvalue weighted by Gasteiger charge is 2.27. The van der Waals surface area contributed by atoms with Gasteiger partial charge in [0.2, 0.25) is 0 Å². The maximum Gasteiger partial charge on any atom is 0.405 e. The van der Waals surface area contributed by atoms with Crippen LogP contribution in [0.3, 0.4) is 0 Å². The van der Waals surface area contributed by atoms with E-state index in [0.29, 0.717) is 19.7 Å². The van der Waals surface area contributed by atoms with Gasteiger partial charge in [-0.15, -0.1) is 0 Å². The van der Waals surface area contributed by atoms with Crippen LogP contribution in [-0.2, 0) is 9.09 Å². The summed E-state index contributed by atoms with van der Waals surface area (Å²) in [5, 5.41) is 0. The fourth-order valence-corrected chi connectivity index (χ4v) is 2.73. The Hall–Kier alpha value is 0.110. The molecule has 0 amide bonds. The number of rotatable bonds is 9. The smallest absolute Gasteiger partial charge is 0.312 e. The first-order chi connectivity index (χ1) is 7.08. The van der Waals surface area contributed by atoms with Gasteiger partial charge in [0.15, 0.2) is 0 Å². The summed E-state index contributed by atoms with van der Waals surface area (Å²) in [6.07, 6.45) is 3.53. The van der Waals surface area contributed by atoms with Crippen molar-refractivity contribution in [3.63, 3.8) is 0 Å². The van der Waals surface area contributed by atoms with Crippen LogP contribution in [0.4, 0.5) is 0 Å². The van der Waals surface area contributed by atoms with E-state index >= 15 is 0 Å². The van der Waals surface area contributed by atoms with Crippen molar-refractivity contribution in [2.45, 2.75) is 46.5 Å². The van der Waals surface area contributed by atoms with Crippen LogP contribution >= 0.6 is 7.75 Å². The first kappa shape index (κ1) is 15.1. The van der Waals surface area contributed by atoms with E-state index in [1.54, 1.807) is 4.67 Å². The second-order valence-corrected chi connectivity index (χ2v) is 5.44. The Labute approximate surface area is 93.2 Å². The Bertz CT molecular complexity index is 193. The minimum Gasteiger partial charge on any atom is -0.312 e. The second-order valence-electron chi connectivity index (χ2n) is 3.63. The van der Waals surface area contributed by atoms with Crippen molar-refractivity contribution >= 4 is 7.75 Å². The highest BCUT2D eigenvalue weighted by atomic mass is 31.2. The quantitative estimate of drug-likeness (QED) is 0.494. The van der Waals surface area contributed by atoms with Crippen LogP contribution in [0.15, 0.2) is 0 Å². The largest absolute Gasteiger partial charge is 0.405 e. The Morgan fingerprint density at radius 2 is 1.67 bits per heavy atom. The second kappa shape index (κ2) is 8.28. The molecular weight excluding hydrogens is 213 g/mol. The SMILES string of the molecule is CCCCOP(=O)(O)N(CCC)CCC. The third-order valence-corrected chi connectivity index (χ3v) is 3.71. The third kappa shape index (κ3) is 6.31. The zero-order valence-corrected chi connectivity index (χ0v) is 11.0. The number of hydrogen-bond acceptors (Lipinski definition) is 2. The van der Waals surface area contributed by atoms with Crippen molar-refractivity contribution in [1.29, 1.82) is 0 Å². The van der Waals surface area contributed by atoms with Gasteiger partial charge in [-0.1, -0.05) is 27.2 Å². The Morgan fingerprint density at radius 1 is 1.13 bits per heavy atom. The van der Waals surface area contributed by atoms with Gasteiger partial charge in [-0.3, -0.25) is 4.52 Å². The summed E-state index contributed by atoms with van der Waals surface area (Å²) in [6, 6.07) is 0. The van der Waals surface area contributed by atoms with Gasteiger partial charge in [0.05, 0.1) is 6.61 Å². The topological polar surface area (TPSA) is 49.8 Å². The summed E-state index contributed by atoms with van der Waals surface area (Å²) in [4.78, 5) is 9.72. The number of nitrogens with zero attached hydrogens (tertiary/aromatic N) is 1. The first-order valence-electron chi connectivity index (χ1n) is 5.81. The number of unbranched alkanes of at least 4 members (excludes halogenated alkanes) is 1. The van der Waals surface area contributed by atoms with Crippen LogP contribution in [0.5, 0.6) is 0 Å². The standard InChI is InChI=1S/C10H24NO3P/c1-4-7-10-14-15(12,13)11(8-5-2)9-6-3/h4-10H2,1-3H3,(H,12,13). The Morgan fingerprint density at radius 3 is 2.07 bits per heavy atom. The molecule has 0 spiro atoms. The van der Waals surface area contributed by atoms with Gasteiger partial charge < -0.3 is 4.89 Å². The zero-order chi connectivity index (χ0) is 11.7. The van der Waals surface area contributed by atoms with E-state index in [4.69, 9.17) is 4.52 Å². The van der Waals surface area contributed by atoms with Crippen LogP contribution in [0.2, 0.25) is 0 Å². The summed E-state index contributed by atoms with van der Waals surface area (Å²) in [5.41, 5.74) is 0. The molecule has 0 aromatic rings. The van der Waals surface area contributed by atoms with Gasteiger partial charge in [-0.25, -0.2) is 9.24 Å². The van der Waals surface area contributed by atoms with Crippen LogP contribution in [0.25, 0.3) is 0 Å². The van der Waals surface area contributed by atoms with Crippen molar-refractivity contribution in [2.75, 3.05) is 19.7 Å². The van der Waals surface area contributed by atoms with Gasteiger partial charge in [-0.05, 0) is 19.3 Å². The molecule has 0 saturated heterocycles. The molecule has 0 aliphatic rings. The molecule has 0 rings (SSSR count). The van der Waals surface area contributed by atoms with Gasteiger partial charge in [-0.2, -0.15) is 0 Å². The van der Waals surface area contributed by atoms with Crippen LogP contribution in [-0.4, -0.2) is 29.3 Å². The Kier molecular flexibility index (Phi) is 8.34. The van der Waals surface area contributed by atoms with Gasteiger partial charge in [0, 0.05) is 13.1 Å². The zero-order valence-electron chi connectivity index (χ0n) is 10.1. The number of hydrogen-bond donors (Lipinski definition) is 1. The molecule has 4 nitrogen and oxygen atoms in total. The van der Waals surface area contributed by atoms with Crippen LogP contribution < -0.4 is 0 Å². The maximum absolute atomic E-state index is 11.8. The predicted octanol–water partition coefficient (Wildman–Crippen LogP) is 3.03. The highest BCUT2D eigenvalue weighted by Crippen LogP contribution is 2.46. The molecule has 0 aliphatic carbocycles. The minimum atomic E-state index is -3.53. The molecule has 15 heavy (non-hydrogen) atoms. The molecule has 1 N–H and O–H groups in total. The molecule has 0 heterocycles. The van der Waals surface area contributed by atoms with Crippen molar-refractivity contribution in [2.24, 2.45) is 0 Å². The molecule has 0 aliphatic heterocycles. The van der Waals surface area contributed by atoms with Crippen LogP contribution in [0.1, 0.15) is 46.5 Å². The average Bonchev–Trinajstić information content (AvgIpc) is 2.18. The van der Waals surface area contributed by atoms with Crippen molar-refractivity contribution in [3.05, 3.63) is 0 Å². The summed E-state index contributed by atoms with van der Waals surface area (Å²) >= 11 is 0. The van der Waals surface area contributed by atoms with Crippen molar-refractivity contribution < 1.29 is 14.0 Å². The predicted molar refractivity (Wildman–Crippen MR) is 62.8 cm³/mol. The molecule has 1 atom stereocenters. The maximum atomic E-state index is 11.8. The molecule has 5 heteroatoms. The molecule has 0 aromatic carbocycles. The van der Waals surface area contributed by atoms with E-state index in [2.05, 4.69) is 0 Å². The summed E-state index contributed by atoms with van der Waals surface area (Å²) in [5.74, 6) is 0. The van der Waals surface area contributed by atoms with Gasteiger partial charge >= 0.3 is 7.75 Å². The lowest BCUT2D eigenvalue weighted by atomic mass is 10.4. The van der Waals surface area contributed by atoms with Crippen molar-refractivity contribution in [1.82, 2.24) is 4.67 Å². The molecule has 0 fully saturated rings. The van der Waals surface area contributed by atoms with E-state index in [1.165, 1.54) is 0 Å². The molecule has 0 radical (unpaired) electrons. The normalized spacial score (nSPS) is 15.5. The average molecular weight is 237 g/mol. The highest BCUT2D eigenvalue weighted by molar-refractivity contribution is 7.50. The van der Waals surface area contributed by atoms with E-state index in [0.717, 1.165) is 25.7 Å². The Balaban J connectivity index is 4.15.